The molecule has 2 bridgehead atoms. The van der Waals surface area contributed by atoms with E-state index in [9.17, 15) is 4.79 Å². The van der Waals surface area contributed by atoms with Crippen molar-refractivity contribution in [2.24, 2.45) is 10.8 Å². The van der Waals surface area contributed by atoms with Crippen LogP contribution in [0.15, 0.2) is 22.7 Å². The van der Waals surface area contributed by atoms with E-state index in [4.69, 9.17) is 0 Å². The molecule has 0 radical (unpaired) electrons. The molecule has 0 aromatic carbocycles. The first-order chi connectivity index (χ1) is 15.3. The lowest BCUT2D eigenvalue weighted by Gasteiger charge is -2.39. The quantitative estimate of drug-likeness (QED) is 0.487. The number of likely N-dealkylation sites (tertiary alicyclic amines) is 1. The third-order valence-corrected chi connectivity index (χ3v) is 9.45. The SMILES string of the molecule is CC1(C)CC2CC(C)(CN2C(=O)CSc2nnc(Cc3cccs3)n2C2CCCCC2)C1. The van der Waals surface area contributed by atoms with E-state index in [2.05, 4.69) is 57.9 Å². The maximum atomic E-state index is 13.3. The first-order valence-electron chi connectivity index (χ1n) is 12.2. The molecule has 5 rings (SSSR count). The van der Waals surface area contributed by atoms with Crippen molar-refractivity contribution in [3.8, 4) is 0 Å². The van der Waals surface area contributed by atoms with Crippen LogP contribution in [-0.4, -0.2) is 43.9 Å². The van der Waals surface area contributed by atoms with Crippen molar-refractivity contribution in [3.63, 3.8) is 0 Å². The van der Waals surface area contributed by atoms with Gasteiger partial charge in [-0.25, -0.2) is 0 Å². The average molecular weight is 473 g/mol. The summed E-state index contributed by atoms with van der Waals surface area (Å²) >= 11 is 3.38. The zero-order valence-corrected chi connectivity index (χ0v) is 21.3. The van der Waals surface area contributed by atoms with Gasteiger partial charge in [0, 0.05) is 29.9 Å². The van der Waals surface area contributed by atoms with E-state index in [1.54, 1.807) is 23.1 Å². The summed E-state index contributed by atoms with van der Waals surface area (Å²) in [7, 11) is 0. The summed E-state index contributed by atoms with van der Waals surface area (Å²) in [6.07, 6.45) is 10.6. The fourth-order valence-corrected chi connectivity index (χ4v) is 8.37. The molecule has 2 atom stereocenters. The van der Waals surface area contributed by atoms with Crippen LogP contribution in [0, 0.1) is 10.8 Å². The van der Waals surface area contributed by atoms with Gasteiger partial charge in [0.2, 0.25) is 5.91 Å². The standard InChI is InChI=1S/C25H36N4OS2/c1-24(2)13-19-14-25(3,16-24)17-28(19)22(30)15-32-23-27-26-21(12-20-10-7-11-31-20)29(23)18-8-5-4-6-9-18/h7,10-11,18-19H,4-6,8-9,12-17H2,1-3H3. The summed E-state index contributed by atoms with van der Waals surface area (Å²) in [6.45, 7) is 8.02. The molecule has 1 aliphatic heterocycles. The fourth-order valence-electron chi connectivity index (χ4n) is 6.76. The highest BCUT2D eigenvalue weighted by Crippen LogP contribution is 2.52. The van der Waals surface area contributed by atoms with Crippen LogP contribution in [0.1, 0.15) is 88.9 Å². The van der Waals surface area contributed by atoms with Crippen molar-refractivity contribution in [1.29, 1.82) is 0 Å². The van der Waals surface area contributed by atoms with E-state index in [1.165, 1.54) is 43.4 Å². The normalized spacial score (nSPS) is 27.7. The molecule has 2 unspecified atom stereocenters. The van der Waals surface area contributed by atoms with Crippen molar-refractivity contribution in [3.05, 3.63) is 28.2 Å². The van der Waals surface area contributed by atoms with Gasteiger partial charge in [-0.2, -0.15) is 0 Å². The van der Waals surface area contributed by atoms with Gasteiger partial charge in [0.05, 0.1) is 5.75 Å². The summed E-state index contributed by atoms with van der Waals surface area (Å²) in [5, 5.41) is 12.2. The predicted molar refractivity (Wildman–Crippen MR) is 131 cm³/mol. The number of thiophene rings is 1. The minimum Gasteiger partial charge on any atom is -0.338 e. The lowest BCUT2D eigenvalue weighted by atomic mass is 9.65. The lowest BCUT2D eigenvalue weighted by molar-refractivity contribution is -0.129. The maximum absolute atomic E-state index is 13.3. The second-order valence-corrected chi connectivity index (χ2v) is 13.3. The van der Waals surface area contributed by atoms with Gasteiger partial charge in [-0.05, 0) is 54.4 Å². The van der Waals surface area contributed by atoms with Crippen LogP contribution >= 0.6 is 23.1 Å². The lowest BCUT2D eigenvalue weighted by Crippen LogP contribution is -2.38. The number of hydrogen-bond acceptors (Lipinski definition) is 5. The molecule has 7 heteroatoms. The molecule has 5 nitrogen and oxygen atoms in total. The molecule has 1 saturated heterocycles. The number of carbonyl (C=O) groups is 1. The van der Waals surface area contributed by atoms with Gasteiger partial charge < -0.3 is 9.47 Å². The van der Waals surface area contributed by atoms with Crippen LogP contribution in [-0.2, 0) is 11.2 Å². The molecule has 32 heavy (non-hydrogen) atoms. The Morgan fingerprint density at radius 3 is 2.72 bits per heavy atom. The second kappa shape index (κ2) is 8.79. The van der Waals surface area contributed by atoms with Crippen LogP contribution in [0.5, 0.6) is 0 Å². The number of aromatic nitrogens is 3. The molecule has 0 N–H and O–H groups in total. The van der Waals surface area contributed by atoms with Crippen molar-refractivity contribution < 1.29 is 4.79 Å². The number of thioether (sulfide) groups is 1. The van der Waals surface area contributed by atoms with Gasteiger partial charge in [0.1, 0.15) is 5.82 Å². The summed E-state index contributed by atoms with van der Waals surface area (Å²) in [4.78, 5) is 16.8. The Bertz CT molecular complexity index is 947. The van der Waals surface area contributed by atoms with Crippen LogP contribution < -0.4 is 0 Å². The highest BCUT2D eigenvalue weighted by molar-refractivity contribution is 7.99. The van der Waals surface area contributed by atoms with E-state index in [0.29, 0.717) is 23.3 Å². The smallest absolute Gasteiger partial charge is 0.233 e. The molecule has 3 heterocycles. The predicted octanol–water partition coefficient (Wildman–Crippen LogP) is 5.95. The molecule has 3 aliphatic rings. The van der Waals surface area contributed by atoms with Crippen LogP contribution in [0.3, 0.4) is 0 Å². The zero-order chi connectivity index (χ0) is 22.3. The highest BCUT2D eigenvalue weighted by Gasteiger charge is 2.50. The van der Waals surface area contributed by atoms with Gasteiger partial charge in [-0.1, -0.05) is 57.9 Å². The van der Waals surface area contributed by atoms with E-state index in [1.807, 2.05) is 0 Å². The summed E-state index contributed by atoms with van der Waals surface area (Å²) in [5.74, 6) is 1.80. The highest BCUT2D eigenvalue weighted by atomic mass is 32.2. The molecule has 2 aliphatic carbocycles. The molecular weight excluding hydrogens is 436 g/mol. The summed E-state index contributed by atoms with van der Waals surface area (Å²) in [6, 6.07) is 5.15. The number of rotatable bonds is 6. The first-order valence-corrected chi connectivity index (χ1v) is 14.1. The molecule has 2 aromatic heterocycles. The molecule has 0 spiro atoms. The Balaban J connectivity index is 1.31. The topological polar surface area (TPSA) is 51.0 Å². The number of nitrogens with zero attached hydrogens (tertiary/aromatic N) is 4. The minimum atomic E-state index is 0.277. The molecular formula is C25H36N4OS2. The zero-order valence-electron chi connectivity index (χ0n) is 19.7. The second-order valence-electron chi connectivity index (χ2n) is 11.3. The Morgan fingerprint density at radius 1 is 1.16 bits per heavy atom. The van der Waals surface area contributed by atoms with Gasteiger partial charge in [-0.3, -0.25) is 4.79 Å². The molecule has 174 valence electrons. The third-order valence-electron chi connectivity index (χ3n) is 7.65. The van der Waals surface area contributed by atoms with Crippen LogP contribution in [0.2, 0.25) is 0 Å². The van der Waals surface area contributed by atoms with E-state index in [-0.39, 0.29) is 11.3 Å². The molecule has 2 aromatic rings. The van der Waals surface area contributed by atoms with Gasteiger partial charge in [-0.15, -0.1) is 21.5 Å². The maximum Gasteiger partial charge on any atom is 0.233 e. The van der Waals surface area contributed by atoms with Crippen molar-refractivity contribution in [1.82, 2.24) is 19.7 Å². The van der Waals surface area contributed by atoms with E-state index >= 15 is 0 Å². The van der Waals surface area contributed by atoms with Crippen LogP contribution in [0.25, 0.3) is 0 Å². The van der Waals surface area contributed by atoms with Gasteiger partial charge >= 0.3 is 0 Å². The van der Waals surface area contributed by atoms with Crippen LogP contribution in [0.4, 0.5) is 0 Å². The van der Waals surface area contributed by atoms with Crippen molar-refractivity contribution in [2.75, 3.05) is 12.3 Å². The van der Waals surface area contributed by atoms with Gasteiger partial charge in [0.15, 0.2) is 5.16 Å². The Morgan fingerprint density at radius 2 is 1.97 bits per heavy atom. The Labute approximate surface area is 200 Å². The Kier molecular flexibility index (Phi) is 6.16. The molecule has 1 amide bonds. The largest absolute Gasteiger partial charge is 0.338 e. The number of hydrogen-bond donors (Lipinski definition) is 0. The number of amides is 1. The summed E-state index contributed by atoms with van der Waals surface area (Å²) < 4.78 is 2.38. The number of carbonyl (C=O) groups excluding carboxylic acids is 1. The monoisotopic (exact) mass is 472 g/mol. The average Bonchev–Trinajstić information content (AvgIpc) is 3.45. The minimum absolute atomic E-state index is 0.277. The summed E-state index contributed by atoms with van der Waals surface area (Å²) in [5.41, 5.74) is 0.612. The third kappa shape index (κ3) is 4.65. The van der Waals surface area contributed by atoms with Gasteiger partial charge in [0.25, 0.3) is 0 Å². The Hall–Kier alpha value is -1.34. The first kappa shape index (κ1) is 22.5. The molecule has 2 saturated carbocycles. The van der Waals surface area contributed by atoms with E-state index in [0.717, 1.165) is 36.8 Å². The van der Waals surface area contributed by atoms with Crippen molar-refractivity contribution in [2.45, 2.75) is 95.8 Å². The fraction of sp³-hybridized carbons (Fsp3) is 0.720. The molecule has 3 fully saturated rings. The van der Waals surface area contributed by atoms with E-state index < -0.39 is 0 Å². The number of fused-ring (bicyclic) bond motifs is 2. The van der Waals surface area contributed by atoms with Crippen molar-refractivity contribution >= 4 is 29.0 Å².